The molecule has 0 aliphatic heterocycles. The Morgan fingerprint density at radius 1 is 1.47 bits per heavy atom. The second-order valence-electron chi connectivity index (χ2n) is 5.72. The van der Waals surface area contributed by atoms with Gasteiger partial charge in [0.25, 0.3) is 0 Å². The summed E-state index contributed by atoms with van der Waals surface area (Å²) in [5.74, 6) is 0. The van der Waals surface area contributed by atoms with Crippen molar-refractivity contribution in [2.45, 2.75) is 38.7 Å². The highest BCUT2D eigenvalue weighted by Crippen LogP contribution is 2.55. The molecule has 0 saturated heterocycles. The van der Waals surface area contributed by atoms with Crippen molar-refractivity contribution in [2.24, 2.45) is 5.41 Å². The summed E-state index contributed by atoms with van der Waals surface area (Å²) in [7, 11) is 0. The van der Waals surface area contributed by atoms with E-state index in [1.165, 1.54) is 0 Å². The quantitative estimate of drug-likeness (QED) is 0.912. The smallest absolute Gasteiger partial charge is 0.123 e. The zero-order valence-corrected chi connectivity index (χ0v) is 11.9. The standard InChI is InChI=1S/C15H16N2OS/c1-3-11-5-4-10-6-12(19-13(10)17-11)15(18)7-14(2,8-15)9-16/h4-6,18H,3,7-8H2,1-2H3. The number of aromatic nitrogens is 1. The molecule has 0 radical (unpaired) electrons. The van der Waals surface area contributed by atoms with Crippen LogP contribution < -0.4 is 0 Å². The van der Waals surface area contributed by atoms with E-state index in [1.54, 1.807) is 11.3 Å². The molecular formula is C15H16N2OS. The van der Waals surface area contributed by atoms with Gasteiger partial charge >= 0.3 is 0 Å². The van der Waals surface area contributed by atoms with Crippen LogP contribution in [0, 0.1) is 16.7 Å². The van der Waals surface area contributed by atoms with Gasteiger partial charge in [-0.25, -0.2) is 4.98 Å². The van der Waals surface area contributed by atoms with Crippen LogP contribution in [0.4, 0.5) is 0 Å². The second kappa shape index (κ2) is 4.03. The third kappa shape index (κ3) is 1.94. The van der Waals surface area contributed by atoms with Gasteiger partial charge < -0.3 is 5.11 Å². The van der Waals surface area contributed by atoms with Crippen molar-refractivity contribution in [1.82, 2.24) is 4.98 Å². The van der Waals surface area contributed by atoms with Gasteiger partial charge in [0.15, 0.2) is 0 Å². The van der Waals surface area contributed by atoms with E-state index in [0.29, 0.717) is 12.8 Å². The van der Waals surface area contributed by atoms with Gasteiger partial charge in [0, 0.05) is 16.0 Å². The molecule has 2 heterocycles. The fraction of sp³-hybridized carbons (Fsp3) is 0.467. The van der Waals surface area contributed by atoms with Crippen LogP contribution in [0.5, 0.6) is 0 Å². The lowest BCUT2D eigenvalue weighted by molar-refractivity contribution is -0.0999. The molecule has 1 N–H and O–H groups in total. The average Bonchev–Trinajstić information content (AvgIpc) is 2.80. The summed E-state index contributed by atoms with van der Waals surface area (Å²) >= 11 is 1.55. The molecule has 2 aromatic rings. The first-order valence-electron chi connectivity index (χ1n) is 6.52. The summed E-state index contributed by atoms with van der Waals surface area (Å²) in [4.78, 5) is 6.51. The monoisotopic (exact) mass is 272 g/mol. The Labute approximate surface area is 116 Å². The number of rotatable bonds is 2. The first-order chi connectivity index (χ1) is 8.98. The largest absolute Gasteiger partial charge is 0.384 e. The van der Waals surface area contributed by atoms with Gasteiger partial charge in [-0.05, 0) is 38.3 Å². The van der Waals surface area contributed by atoms with Crippen LogP contribution in [0.25, 0.3) is 10.2 Å². The van der Waals surface area contributed by atoms with Gasteiger partial charge in [-0.2, -0.15) is 5.26 Å². The second-order valence-corrected chi connectivity index (χ2v) is 6.75. The van der Waals surface area contributed by atoms with Crippen molar-refractivity contribution in [3.05, 3.63) is 28.8 Å². The Kier molecular flexibility index (Phi) is 2.67. The van der Waals surface area contributed by atoms with Crippen LogP contribution in [0.15, 0.2) is 18.2 Å². The molecule has 0 amide bonds. The molecule has 0 unspecified atom stereocenters. The number of hydrogen-bond acceptors (Lipinski definition) is 4. The number of aliphatic hydroxyl groups is 1. The fourth-order valence-electron chi connectivity index (χ4n) is 2.87. The van der Waals surface area contributed by atoms with Crippen LogP contribution in [0.2, 0.25) is 0 Å². The molecule has 2 aromatic heterocycles. The third-order valence-electron chi connectivity index (χ3n) is 3.90. The SMILES string of the molecule is CCc1ccc2cc(C3(O)CC(C)(C#N)C3)sc2n1. The Balaban J connectivity index is 1.97. The first kappa shape index (κ1) is 12.6. The van der Waals surface area contributed by atoms with Crippen LogP contribution in [-0.2, 0) is 12.0 Å². The van der Waals surface area contributed by atoms with Crippen molar-refractivity contribution in [3.8, 4) is 6.07 Å². The minimum absolute atomic E-state index is 0.382. The van der Waals surface area contributed by atoms with E-state index in [4.69, 9.17) is 5.26 Å². The topological polar surface area (TPSA) is 56.9 Å². The van der Waals surface area contributed by atoms with Crippen LogP contribution in [0.3, 0.4) is 0 Å². The van der Waals surface area contributed by atoms with Crippen molar-refractivity contribution >= 4 is 21.6 Å². The van der Waals surface area contributed by atoms with Gasteiger partial charge in [-0.1, -0.05) is 13.0 Å². The zero-order valence-electron chi connectivity index (χ0n) is 11.1. The number of nitriles is 1. The van der Waals surface area contributed by atoms with E-state index in [0.717, 1.165) is 27.2 Å². The van der Waals surface area contributed by atoms with Gasteiger partial charge in [-0.3, -0.25) is 0 Å². The maximum Gasteiger partial charge on any atom is 0.123 e. The lowest BCUT2D eigenvalue weighted by atomic mass is 9.60. The number of thiophene rings is 1. The molecule has 98 valence electrons. The van der Waals surface area contributed by atoms with Crippen molar-refractivity contribution in [2.75, 3.05) is 0 Å². The summed E-state index contributed by atoms with van der Waals surface area (Å²) in [5, 5.41) is 20.7. The van der Waals surface area contributed by atoms with Crippen LogP contribution in [-0.4, -0.2) is 10.1 Å². The Bertz CT molecular complexity index is 677. The maximum absolute atomic E-state index is 10.6. The Hall–Kier alpha value is -1.44. The molecule has 3 rings (SSSR count). The van der Waals surface area contributed by atoms with Crippen molar-refractivity contribution in [3.63, 3.8) is 0 Å². The normalized spacial score (nSPS) is 30.0. The van der Waals surface area contributed by atoms with E-state index >= 15 is 0 Å². The molecular weight excluding hydrogens is 256 g/mol. The van der Waals surface area contributed by atoms with Crippen molar-refractivity contribution in [1.29, 1.82) is 5.26 Å². The summed E-state index contributed by atoms with van der Waals surface area (Å²) in [6.07, 6.45) is 1.95. The Morgan fingerprint density at radius 3 is 2.84 bits per heavy atom. The Morgan fingerprint density at radius 2 is 2.21 bits per heavy atom. The maximum atomic E-state index is 10.6. The minimum atomic E-state index is -0.831. The number of nitrogens with zero attached hydrogens (tertiary/aromatic N) is 2. The van der Waals surface area contributed by atoms with E-state index in [9.17, 15) is 5.11 Å². The summed E-state index contributed by atoms with van der Waals surface area (Å²) < 4.78 is 0. The number of aryl methyl sites for hydroxylation is 1. The first-order valence-corrected chi connectivity index (χ1v) is 7.33. The molecule has 1 aliphatic rings. The summed E-state index contributed by atoms with van der Waals surface area (Å²) in [6.45, 7) is 3.99. The number of hydrogen-bond donors (Lipinski definition) is 1. The highest BCUT2D eigenvalue weighted by molar-refractivity contribution is 7.18. The van der Waals surface area contributed by atoms with Crippen LogP contribution >= 0.6 is 11.3 Å². The molecule has 1 aliphatic carbocycles. The fourth-order valence-corrected chi connectivity index (χ4v) is 4.01. The van der Waals surface area contributed by atoms with Gasteiger partial charge in [0.1, 0.15) is 10.4 Å². The van der Waals surface area contributed by atoms with E-state index < -0.39 is 5.60 Å². The summed E-state index contributed by atoms with van der Waals surface area (Å²) in [5.41, 5.74) is -0.141. The van der Waals surface area contributed by atoms with Crippen molar-refractivity contribution < 1.29 is 5.11 Å². The van der Waals surface area contributed by atoms with Gasteiger partial charge in [-0.15, -0.1) is 11.3 Å². The van der Waals surface area contributed by atoms with Gasteiger partial charge in [0.05, 0.1) is 11.5 Å². The highest BCUT2D eigenvalue weighted by Gasteiger charge is 2.53. The van der Waals surface area contributed by atoms with Gasteiger partial charge in [0.2, 0.25) is 0 Å². The lowest BCUT2D eigenvalue weighted by Crippen LogP contribution is -2.46. The van der Waals surface area contributed by atoms with Crippen LogP contribution in [0.1, 0.15) is 37.3 Å². The molecule has 0 spiro atoms. The molecule has 0 atom stereocenters. The number of fused-ring (bicyclic) bond motifs is 1. The molecule has 1 fully saturated rings. The molecule has 0 bridgehead atoms. The molecule has 4 heteroatoms. The molecule has 3 nitrogen and oxygen atoms in total. The minimum Gasteiger partial charge on any atom is -0.384 e. The summed E-state index contributed by atoms with van der Waals surface area (Å²) in [6, 6.07) is 8.39. The highest BCUT2D eigenvalue weighted by atomic mass is 32.1. The third-order valence-corrected chi connectivity index (χ3v) is 5.13. The molecule has 1 saturated carbocycles. The number of pyridine rings is 1. The predicted octanol–water partition coefficient (Wildman–Crippen LogP) is 3.37. The average molecular weight is 272 g/mol. The van der Waals surface area contributed by atoms with E-state index in [-0.39, 0.29) is 5.41 Å². The molecule has 0 aromatic carbocycles. The molecule has 19 heavy (non-hydrogen) atoms. The lowest BCUT2D eigenvalue weighted by Gasteiger charge is -2.46. The van der Waals surface area contributed by atoms with E-state index in [1.807, 2.05) is 19.1 Å². The van der Waals surface area contributed by atoms with E-state index in [2.05, 4.69) is 24.0 Å². The predicted molar refractivity (Wildman–Crippen MR) is 75.8 cm³/mol. The zero-order chi connectivity index (χ0) is 13.7.